The molecule has 19 heavy (non-hydrogen) atoms. The van der Waals surface area contributed by atoms with Gasteiger partial charge in [-0.05, 0) is 52.4 Å². The summed E-state index contributed by atoms with van der Waals surface area (Å²) in [5, 5.41) is 0. The number of nitrogens with two attached hydrogens (primary N) is 1. The average Bonchev–Trinajstić information content (AvgIpc) is 2.36. The summed E-state index contributed by atoms with van der Waals surface area (Å²) in [4.78, 5) is 0. The number of rotatable bonds is 7. The quantitative estimate of drug-likeness (QED) is 0.721. The molecule has 2 N–H and O–H groups in total. The molecule has 1 aliphatic rings. The van der Waals surface area contributed by atoms with Crippen molar-refractivity contribution in [2.75, 3.05) is 19.8 Å². The van der Waals surface area contributed by atoms with Crippen LogP contribution in [0, 0.1) is 5.92 Å². The van der Waals surface area contributed by atoms with E-state index in [1.807, 2.05) is 0 Å². The van der Waals surface area contributed by atoms with Crippen molar-refractivity contribution in [3.8, 4) is 0 Å². The standard InChI is InChI=1S/C16H33NO2/c1-5-6-14-7-9-16(13-17,10-8-14)19-12-11-18-15(2,3)4/h14H,5-13,17H2,1-4H3. The molecule has 0 unspecified atom stereocenters. The van der Waals surface area contributed by atoms with Crippen LogP contribution in [0.5, 0.6) is 0 Å². The van der Waals surface area contributed by atoms with Crippen LogP contribution < -0.4 is 5.73 Å². The molecule has 1 saturated carbocycles. The molecule has 0 heterocycles. The molecule has 0 aliphatic heterocycles. The predicted molar refractivity (Wildman–Crippen MR) is 80.3 cm³/mol. The van der Waals surface area contributed by atoms with E-state index in [9.17, 15) is 0 Å². The highest BCUT2D eigenvalue weighted by atomic mass is 16.5. The van der Waals surface area contributed by atoms with Crippen molar-refractivity contribution >= 4 is 0 Å². The Kier molecular flexibility index (Phi) is 6.78. The molecular formula is C16H33NO2. The van der Waals surface area contributed by atoms with Crippen molar-refractivity contribution in [2.45, 2.75) is 77.4 Å². The first-order chi connectivity index (χ1) is 8.91. The normalized spacial score (nSPS) is 28.6. The number of hydrogen-bond donors (Lipinski definition) is 1. The van der Waals surface area contributed by atoms with Crippen LogP contribution in [0.1, 0.15) is 66.2 Å². The first kappa shape index (κ1) is 16.9. The molecule has 3 nitrogen and oxygen atoms in total. The minimum atomic E-state index is -0.0853. The van der Waals surface area contributed by atoms with Gasteiger partial charge in [0.05, 0.1) is 24.4 Å². The molecule has 0 atom stereocenters. The molecule has 0 saturated heterocycles. The van der Waals surface area contributed by atoms with E-state index in [4.69, 9.17) is 15.2 Å². The van der Waals surface area contributed by atoms with Gasteiger partial charge < -0.3 is 15.2 Å². The first-order valence-corrected chi connectivity index (χ1v) is 7.89. The molecule has 0 radical (unpaired) electrons. The zero-order valence-electron chi connectivity index (χ0n) is 13.3. The fraction of sp³-hybridized carbons (Fsp3) is 1.00. The van der Waals surface area contributed by atoms with Crippen LogP contribution in [0.2, 0.25) is 0 Å². The molecule has 0 aromatic rings. The van der Waals surface area contributed by atoms with E-state index in [2.05, 4.69) is 27.7 Å². The van der Waals surface area contributed by atoms with Gasteiger partial charge in [0.2, 0.25) is 0 Å². The van der Waals surface area contributed by atoms with E-state index in [1.165, 1.54) is 25.7 Å². The molecule has 0 aromatic carbocycles. The van der Waals surface area contributed by atoms with Crippen molar-refractivity contribution in [3.63, 3.8) is 0 Å². The van der Waals surface area contributed by atoms with Gasteiger partial charge in [0.15, 0.2) is 0 Å². The topological polar surface area (TPSA) is 44.5 Å². The smallest absolute Gasteiger partial charge is 0.0805 e. The molecule has 1 aliphatic carbocycles. The summed E-state index contributed by atoms with van der Waals surface area (Å²) in [5.41, 5.74) is 5.80. The fourth-order valence-corrected chi connectivity index (χ4v) is 2.91. The second kappa shape index (κ2) is 7.61. The molecule has 0 bridgehead atoms. The highest BCUT2D eigenvalue weighted by molar-refractivity contribution is 4.88. The number of hydrogen-bond acceptors (Lipinski definition) is 3. The molecule has 0 amide bonds. The Bertz CT molecular complexity index is 240. The van der Waals surface area contributed by atoms with Crippen molar-refractivity contribution in [2.24, 2.45) is 11.7 Å². The van der Waals surface area contributed by atoms with Gasteiger partial charge in [0.1, 0.15) is 0 Å². The minimum Gasteiger partial charge on any atom is -0.373 e. The lowest BCUT2D eigenvalue weighted by Gasteiger charge is -2.39. The lowest BCUT2D eigenvalue weighted by molar-refractivity contribution is -0.107. The summed E-state index contributed by atoms with van der Waals surface area (Å²) >= 11 is 0. The Hall–Kier alpha value is -0.120. The van der Waals surface area contributed by atoms with Gasteiger partial charge in [-0.1, -0.05) is 19.8 Å². The van der Waals surface area contributed by atoms with Crippen molar-refractivity contribution in [1.82, 2.24) is 0 Å². The summed E-state index contributed by atoms with van der Waals surface area (Å²) in [6, 6.07) is 0. The Morgan fingerprint density at radius 2 is 1.79 bits per heavy atom. The van der Waals surface area contributed by atoms with Crippen molar-refractivity contribution in [1.29, 1.82) is 0 Å². The third kappa shape index (κ3) is 6.24. The van der Waals surface area contributed by atoms with Crippen LogP contribution in [-0.2, 0) is 9.47 Å². The van der Waals surface area contributed by atoms with Gasteiger partial charge >= 0.3 is 0 Å². The average molecular weight is 271 g/mol. The van der Waals surface area contributed by atoms with E-state index in [0.717, 1.165) is 18.8 Å². The van der Waals surface area contributed by atoms with Crippen molar-refractivity contribution in [3.05, 3.63) is 0 Å². The highest BCUT2D eigenvalue weighted by Gasteiger charge is 2.34. The van der Waals surface area contributed by atoms with Crippen LogP contribution in [0.15, 0.2) is 0 Å². The zero-order chi connectivity index (χ0) is 14.4. The van der Waals surface area contributed by atoms with Gasteiger partial charge in [-0.3, -0.25) is 0 Å². The maximum atomic E-state index is 6.09. The summed E-state index contributed by atoms with van der Waals surface area (Å²) in [5.74, 6) is 0.888. The molecule has 0 aromatic heterocycles. The van der Waals surface area contributed by atoms with E-state index in [-0.39, 0.29) is 11.2 Å². The fourth-order valence-electron chi connectivity index (χ4n) is 2.91. The lowest BCUT2D eigenvalue weighted by atomic mass is 9.77. The van der Waals surface area contributed by atoms with Gasteiger partial charge in [-0.15, -0.1) is 0 Å². The SMILES string of the molecule is CCCC1CCC(CN)(OCCOC(C)(C)C)CC1. The lowest BCUT2D eigenvalue weighted by Crippen LogP contribution is -2.44. The van der Waals surface area contributed by atoms with Crippen LogP contribution in [0.3, 0.4) is 0 Å². The molecule has 0 spiro atoms. The summed E-state index contributed by atoms with van der Waals surface area (Å²) in [7, 11) is 0. The monoisotopic (exact) mass is 271 g/mol. The van der Waals surface area contributed by atoms with Crippen LogP contribution in [0.4, 0.5) is 0 Å². The molecular weight excluding hydrogens is 238 g/mol. The first-order valence-electron chi connectivity index (χ1n) is 7.89. The summed E-state index contributed by atoms with van der Waals surface area (Å²) in [6.45, 7) is 10.4. The largest absolute Gasteiger partial charge is 0.373 e. The summed E-state index contributed by atoms with van der Waals surface area (Å²) in [6.07, 6.45) is 7.41. The Morgan fingerprint density at radius 1 is 1.16 bits per heavy atom. The van der Waals surface area contributed by atoms with Gasteiger partial charge in [0.25, 0.3) is 0 Å². The van der Waals surface area contributed by atoms with Crippen LogP contribution in [0.25, 0.3) is 0 Å². The summed E-state index contributed by atoms with van der Waals surface area (Å²) < 4.78 is 11.8. The second-order valence-electron chi connectivity index (χ2n) is 6.93. The second-order valence-corrected chi connectivity index (χ2v) is 6.93. The maximum Gasteiger partial charge on any atom is 0.0805 e. The van der Waals surface area contributed by atoms with Gasteiger partial charge in [-0.25, -0.2) is 0 Å². The van der Waals surface area contributed by atoms with E-state index in [1.54, 1.807) is 0 Å². The van der Waals surface area contributed by atoms with E-state index < -0.39 is 0 Å². The van der Waals surface area contributed by atoms with E-state index in [0.29, 0.717) is 19.8 Å². The third-order valence-electron chi connectivity index (χ3n) is 4.11. The molecule has 1 fully saturated rings. The Morgan fingerprint density at radius 3 is 2.26 bits per heavy atom. The zero-order valence-corrected chi connectivity index (χ0v) is 13.3. The third-order valence-corrected chi connectivity index (χ3v) is 4.11. The molecule has 1 rings (SSSR count). The maximum absolute atomic E-state index is 6.09. The molecule has 3 heteroatoms. The van der Waals surface area contributed by atoms with Crippen molar-refractivity contribution < 1.29 is 9.47 Å². The predicted octanol–water partition coefficient (Wildman–Crippen LogP) is 3.51. The van der Waals surface area contributed by atoms with E-state index >= 15 is 0 Å². The Balaban J connectivity index is 2.29. The minimum absolute atomic E-state index is 0.0779. The highest BCUT2D eigenvalue weighted by Crippen LogP contribution is 2.36. The molecule has 114 valence electrons. The Labute approximate surface area is 119 Å². The van der Waals surface area contributed by atoms with Crippen LogP contribution in [-0.4, -0.2) is 31.0 Å². The van der Waals surface area contributed by atoms with Gasteiger partial charge in [-0.2, -0.15) is 0 Å². The van der Waals surface area contributed by atoms with Crippen LogP contribution >= 0.6 is 0 Å². The van der Waals surface area contributed by atoms with Gasteiger partial charge in [0, 0.05) is 6.54 Å². The number of ether oxygens (including phenoxy) is 2.